The molecule has 2 heteroatoms. The molecule has 0 spiro atoms. The van der Waals surface area contributed by atoms with E-state index in [9.17, 15) is 0 Å². The maximum atomic E-state index is 4.24. The molecule has 0 unspecified atom stereocenters. The second-order valence-corrected chi connectivity index (χ2v) is 3.18. The van der Waals surface area contributed by atoms with Crippen molar-refractivity contribution in [3.05, 3.63) is 29.8 Å². The van der Waals surface area contributed by atoms with Crippen molar-refractivity contribution >= 4 is 11.9 Å². The van der Waals surface area contributed by atoms with Gasteiger partial charge in [0, 0.05) is 11.4 Å². The zero-order valence-electron chi connectivity index (χ0n) is 5.58. The second-order valence-electron chi connectivity index (χ2n) is 2.30. The van der Waals surface area contributed by atoms with Gasteiger partial charge in [0.1, 0.15) is 0 Å². The first-order chi connectivity index (χ1) is 4.97. The number of fused-ring (bicyclic) bond motifs is 1. The largest absolute Gasteiger partial charge is 0.170 e. The van der Waals surface area contributed by atoms with Gasteiger partial charge in [0.2, 0.25) is 0 Å². The van der Waals surface area contributed by atoms with Crippen LogP contribution in [0.1, 0.15) is 5.56 Å². The third-order valence-electron chi connectivity index (χ3n) is 1.61. The molecule has 51 valence electrons. The standard InChI is InChI=1S/C8H8NS/c1-2-4-8-7(3-1)5-6-9-10-8/h1-4H,5-6H2. The molecule has 0 saturated carbocycles. The summed E-state index contributed by atoms with van der Waals surface area (Å²) in [6.07, 6.45) is 1.11. The van der Waals surface area contributed by atoms with Crippen molar-refractivity contribution in [1.29, 1.82) is 0 Å². The Morgan fingerprint density at radius 3 is 3.10 bits per heavy atom. The summed E-state index contributed by atoms with van der Waals surface area (Å²) in [5.41, 5.74) is 1.45. The maximum absolute atomic E-state index is 4.24. The SMILES string of the molecule is c1ccc2c(c1)CC[N]S2. The number of rotatable bonds is 0. The van der Waals surface area contributed by atoms with Crippen LogP contribution in [0.5, 0.6) is 0 Å². The zero-order valence-corrected chi connectivity index (χ0v) is 6.40. The van der Waals surface area contributed by atoms with Crippen LogP contribution >= 0.6 is 11.9 Å². The first-order valence-corrected chi connectivity index (χ1v) is 4.16. The molecule has 0 N–H and O–H groups in total. The van der Waals surface area contributed by atoms with Crippen molar-refractivity contribution in [2.75, 3.05) is 6.54 Å². The first-order valence-electron chi connectivity index (χ1n) is 3.38. The number of hydrogen-bond acceptors (Lipinski definition) is 1. The fraction of sp³-hybridized carbons (Fsp3) is 0.250. The van der Waals surface area contributed by atoms with Gasteiger partial charge in [-0.25, -0.2) is 0 Å². The van der Waals surface area contributed by atoms with Crippen LogP contribution in [0.4, 0.5) is 0 Å². The fourth-order valence-electron chi connectivity index (χ4n) is 1.08. The van der Waals surface area contributed by atoms with Crippen molar-refractivity contribution in [2.24, 2.45) is 0 Å². The summed E-state index contributed by atoms with van der Waals surface area (Å²) < 4.78 is 4.24. The van der Waals surface area contributed by atoms with Crippen molar-refractivity contribution in [3.8, 4) is 0 Å². The highest BCUT2D eigenvalue weighted by molar-refractivity contribution is 7.97. The van der Waals surface area contributed by atoms with Crippen LogP contribution in [0, 0.1) is 0 Å². The molecular formula is C8H8NS. The summed E-state index contributed by atoms with van der Waals surface area (Å²) in [6, 6.07) is 8.46. The summed E-state index contributed by atoms with van der Waals surface area (Å²) in [7, 11) is 0. The summed E-state index contributed by atoms with van der Waals surface area (Å²) >= 11 is 1.61. The summed E-state index contributed by atoms with van der Waals surface area (Å²) in [5, 5.41) is 0. The molecule has 1 aromatic rings. The lowest BCUT2D eigenvalue weighted by molar-refractivity contribution is 0.855. The van der Waals surface area contributed by atoms with E-state index in [1.54, 1.807) is 11.9 Å². The quantitative estimate of drug-likeness (QED) is 0.515. The van der Waals surface area contributed by atoms with Gasteiger partial charge in [-0.3, -0.25) is 0 Å². The third-order valence-corrected chi connectivity index (χ3v) is 2.51. The van der Waals surface area contributed by atoms with E-state index in [2.05, 4.69) is 29.0 Å². The number of benzene rings is 1. The molecule has 0 aliphatic carbocycles. The topological polar surface area (TPSA) is 14.1 Å². The Kier molecular flexibility index (Phi) is 1.65. The van der Waals surface area contributed by atoms with E-state index in [1.165, 1.54) is 10.5 Å². The lowest BCUT2D eigenvalue weighted by atomic mass is 10.1. The Bertz CT molecular complexity index is 209. The maximum Gasteiger partial charge on any atom is 0.0301 e. The van der Waals surface area contributed by atoms with Crippen LogP contribution < -0.4 is 4.72 Å². The Balaban J connectivity index is 2.41. The third kappa shape index (κ3) is 1.04. The molecule has 1 nitrogen and oxygen atoms in total. The highest BCUT2D eigenvalue weighted by Gasteiger charge is 2.07. The Labute approximate surface area is 65.0 Å². The summed E-state index contributed by atoms with van der Waals surface area (Å²) in [4.78, 5) is 1.33. The minimum atomic E-state index is 0.974. The number of hydrogen-bond donors (Lipinski definition) is 0. The molecule has 1 radical (unpaired) electrons. The Hall–Kier alpha value is -0.470. The molecule has 1 aliphatic rings. The van der Waals surface area contributed by atoms with Gasteiger partial charge in [-0.1, -0.05) is 18.2 Å². The van der Waals surface area contributed by atoms with Crippen LogP contribution in [0.2, 0.25) is 0 Å². The van der Waals surface area contributed by atoms with Crippen LogP contribution in [0.25, 0.3) is 0 Å². The molecule has 0 aromatic heterocycles. The van der Waals surface area contributed by atoms with Crippen molar-refractivity contribution in [2.45, 2.75) is 11.3 Å². The molecule has 0 bridgehead atoms. The lowest BCUT2D eigenvalue weighted by Gasteiger charge is -2.12. The van der Waals surface area contributed by atoms with Crippen molar-refractivity contribution in [3.63, 3.8) is 0 Å². The van der Waals surface area contributed by atoms with Gasteiger partial charge in [0.25, 0.3) is 0 Å². The van der Waals surface area contributed by atoms with Gasteiger partial charge < -0.3 is 0 Å². The summed E-state index contributed by atoms with van der Waals surface area (Å²) in [6.45, 7) is 0.974. The minimum absolute atomic E-state index is 0.974. The van der Waals surface area contributed by atoms with Gasteiger partial charge in [-0.05, 0) is 30.0 Å². The molecule has 2 rings (SSSR count). The van der Waals surface area contributed by atoms with Crippen LogP contribution in [0.15, 0.2) is 29.2 Å². The van der Waals surface area contributed by atoms with E-state index in [-0.39, 0.29) is 0 Å². The lowest BCUT2D eigenvalue weighted by Crippen LogP contribution is -2.08. The zero-order chi connectivity index (χ0) is 6.81. The predicted molar refractivity (Wildman–Crippen MR) is 43.0 cm³/mol. The Morgan fingerprint density at radius 1 is 1.30 bits per heavy atom. The predicted octanol–water partition coefficient (Wildman–Crippen LogP) is 1.85. The molecular weight excluding hydrogens is 142 g/mol. The molecule has 0 fully saturated rings. The van der Waals surface area contributed by atoms with Gasteiger partial charge in [-0.2, -0.15) is 4.72 Å². The van der Waals surface area contributed by atoms with Gasteiger partial charge in [-0.15, -0.1) is 0 Å². The first kappa shape index (κ1) is 6.25. The van der Waals surface area contributed by atoms with E-state index in [0.29, 0.717) is 0 Å². The van der Waals surface area contributed by atoms with E-state index in [0.717, 1.165) is 13.0 Å². The molecule has 0 atom stereocenters. The Morgan fingerprint density at radius 2 is 2.20 bits per heavy atom. The van der Waals surface area contributed by atoms with E-state index >= 15 is 0 Å². The van der Waals surface area contributed by atoms with Crippen LogP contribution in [-0.4, -0.2) is 6.54 Å². The molecule has 10 heavy (non-hydrogen) atoms. The monoisotopic (exact) mass is 150 g/mol. The molecule has 1 heterocycles. The van der Waals surface area contributed by atoms with E-state index < -0.39 is 0 Å². The highest BCUT2D eigenvalue weighted by atomic mass is 32.2. The van der Waals surface area contributed by atoms with Gasteiger partial charge in [0.05, 0.1) is 0 Å². The van der Waals surface area contributed by atoms with Crippen LogP contribution in [-0.2, 0) is 6.42 Å². The highest BCUT2D eigenvalue weighted by Crippen LogP contribution is 2.24. The van der Waals surface area contributed by atoms with Crippen molar-refractivity contribution < 1.29 is 0 Å². The fourth-order valence-corrected chi connectivity index (χ4v) is 1.83. The average molecular weight is 150 g/mol. The smallest absolute Gasteiger partial charge is 0.0301 e. The molecule has 1 aliphatic heterocycles. The molecule has 1 aromatic carbocycles. The second kappa shape index (κ2) is 2.64. The molecule has 0 amide bonds. The van der Waals surface area contributed by atoms with Gasteiger partial charge in [0.15, 0.2) is 0 Å². The van der Waals surface area contributed by atoms with Gasteiger partial charge >= 0.3 is 0 Å². The average Bonchev–Trinajstić information content (AvgIpc) is 2.05. The van der Waals surface area contributed by atoms with Crippen LogP contribution in [0.3, 0.4) is 0 Å². The molecule has 0 saturated heterocycles. The minimum Gasteiger partial charge on any atom is -0.170 e. The van der Waals surface area contributed by atoms with Crippen molar-refractivity contribution in [1.82, 2.24) is 4.72 Å². The van der Waals surface area contributed by atoms with E-state index in [1.807, 2.05) is 0 Å². The normalized spacial score (nSPS) is 16.4. The number of nitrogens with zero attached hydrogens (tertiary/aromatic N) is 1. The van der Waals surface area contributed by atoms with E-state index in [4.69, 9.17) is 0 Å². The summed E-state index contributed by atoms with van der Waals surface area (Å²) in [5.74, 6) is 0.